The van der Waals surface area contributed by atoms with Crippen LogP contribution in [0.4, 0.5) is 4.39 Å². The van der Waals surface area contributed by atoms with E-state index in [-0.39, 0.29) is 23.5 Å². The van der Waals surface area contributed by atoms with Gasteiger partial charge in [-0.15, -0.1) is 0 Å². The quantitative estimate of drug-likeness (QED) is 0.825. The maximum absolute atomic E-state index is 13.6. The molecule has 1 aromatic carbocycles. The fourth-order valence-corrected chi connectivity index (χ4v) is 3.82. The fraction of sp³-hybridized carbons (Fsp3) is 0.389. The summed E-state index contributed by atoms with van der Waals surface area (Å²) in [6, 6.07) is 4.34. The molecule has 0 spiro atoms. The van der Waals surface area contributed by atoms with Gasteiger partial charge in [0, 0.05) is 17.2 Å². The molecular formula is C18H17BrFNO4. The second kappa shape index (κ2) is 7.17. The molecule has 7 heteroatoms. The number of hydrogen-bond acceptors (Lipinski definition) is 4. The first-order valence-electron chi connectivity index (χ1n) is 8.03. The molecule has 2 unspecified atom stereocenters. The van der Waals surface area contributed by atoms with Crippen LogP contribution in [-0.2, 0) is 14.3 Å². The highest BCUT2D eigenvalue weighted by atomic mass is 79.9. The number of rotatable bonds is 4. The second-order valence-electron chi connectivity index (χ2n) is 6.10. The number of carbonyl (C=O) groups is 2. The Bertz CT molecular complexity index is 802. The van der Waals surface area contributed by atoms with E-state index in [1.807, 2.05) is 6.92 Å². The number of benzene rings is 1. The molecule has 5 nitrogen and oxygen atoms in total. The largest absolute Gasteiger partial charge is 0.481 e. The van der Waals surface area contributed by atoms with Gasteiger partial charge in [-0.05, 0) is 40.0 Å². The van der Waals surface area contributed by atoms with Gasteiger partial charge in [0.1, 0.15) is 18.3 Å². The monoisotopic (exact) mass is 409 g/mol. The zero-order valence-electron chi connectivity index (χ0n) is 13.6. The molecule has 2 aliphatic heterocycles. The number of ether oxygens (including phenoxy) is 1. The minimum Gasteiger partial charge on any atom is -0.481 e. The summed E-state index contributed by atoms with van der Waals surface area (Å²) < 4.78 is 19.1. The van der Waals surface area contributed by atoms with Crippen molar-refractivity contribution in [2.45, 2.75) is 25.7 Å². The highest BCUT2D eigenvalue weighted by Gasteiger charge is 2.43. The summed E-state index contributed by atoms with van der Waals surface area (Å²) in [5.74, 6) is -3.39. The molecule has 0 bridgehead atoms. The molecule has 0 amide bonds. The van der Waals surface area contributed by atoms with Crippen molar-refractivity contribution in [3.05, 3.63) is 45.3 Å². The number of carbonyl (C=O) groups excluding carboxylic acids is 1. The molecule has 0 fully saturated rings. The first-order chi connectivity index (χ1) is 11.9. The molecule has 25 heavy (non-hydrogen) atoms. The van der Waals surface area contributed by atoms with Crippen molar-refractivity contribution in [1.82, 2.24) is 0 Å². The van der Waals surface area contributed by atoms with E-state index in [4.69, 9.17) is 4.74 Å². The molecule has 2 aliphatic rings. The van der Waals surface area contributed by atoms with Crippen molar-refractivity contribution in [2.75, 3.05) is 13.2 Å². The molecule has 0 saturated heterocycles. The van der Waals surface area contributed by atoms with E-state index < -0.39 is 23.6 Å². The van der Waals surface area contributed by atoms with Crippen LogP contribution in [0.15, 0.2) is 38.9 Å². The van der Waals surface area contributed by atoms with Crippen LogP contribution in [0.2, 0.25) is 0 Å². The van der Waals surface area contributed by atoms with Crippen molar-refractivity contribution in [2.24, 2.45) is 10.9 Å². The molecule has 1 N–H and O–H groups in total. The zero-order chi connectivity index (χ0) is 18.1. The highest BCUT2D eigenvalue weighted by molar-refractivity contribution is 9.10. The van der Waals surface area contributed by atoms with Gasteiger partial charge in [0.15, 0.2) is 5.78 Å². The maximum Gasteiger partial charge on any atom is 0.313 e. The molecule has 0 saturated carbocycles. The number of carboxylic acid groups (broad SMARTS) is 1. The Morgan fingerprint density at radius 3 is 2.84 bits per heavy atom. The number of aliphatic imine (C=N–C) groups is 1. The zero-order valence-corrected chi connectivity index (χ0v) is 15.2. The smallest absolute Gasteiger partial charge is 0.313 e. The lowest BCUT2D eigenvalue weighted by atomic mass is 9.73. The Labute approximate surface area is 152 Å². The third kappa shape index (κ3) is 3.30. The van der Waals surface area contributed by atoms with Gasteiger partial charge in [-0.2, -0.15) is 0 Å². The van der Waals surface area contributed by atoms with Crippen LogP contribution in [0.5, 0.6) is 0 Å². The van der Waals surface area contributed by atoms with Gasteiger partial charge in [-0.25, -0.2) is 4.39 Å². The van der Waals surface area contributed by atoms with Gasteiger partial charge in [-0.3, -0.25) is 14.6 Å². The van der Waals surface area contributed by atoms with Crippen LogP contribution in [0.3, 0.4) is 0 Å². The third-order valence-electron chi connectivity index (χ3n) is 4.44. The number of carboxylic acids is 1. The lowest BCUT2D eigenvalue weighted by molar-refractivity contribution is -0.140. The number of nitrogens with zero attached hydrogens (tertiary/aromatic N) is 1. The van der Waals surface area contributed by atoms with Gasteiger partial charge in [-0.1, -0.05) is 19.4 Å². The van der Waals surface area contributed by atoms with Gasteiger partial charge in [0.2, 0.25) is 0 Å². The SMILES string of the molecule is CCCC1=NC2=C(C(=O)COC2)C(c2ccc(F)c(Br)c2)C1C(=O)O. The molecule has 0 aliphatic carbocycles. The van der Waals surface area contributed by atoms with E-state index in [9.17, 15) is 19.1 Å². The maximum atomic E-state index is 13.6. The number of halogens is 2. The summed E-state index contributed by atoms with van der Waals surface area (Å²) in [6.45, 7) is 2.03. The van der Waals surface area contributed by atoms with Gasteiger partial charge >= 0.3 is 5.97 Å². The third-order valence-corrected chi connectivity index (χ3v) is 5.05. The van der Waals surface area contributed by atoms with E-state index in [2.05, 4.69) is 20.9 Å². The lowest BCUT2D eigenvalue weighted by Gasteiger charge is -2.34. The molecule has 132 valence electrons. The van der Waals surface area contributed by atoms with Crippen molar-refractivity contribution in [1.29, 1.82) is 0 Å². The molecule has 2 atom stereocenters. The Morgan fingerprint density at radius 2 is 2.20 bits per heavy atom. The summed E-state index contributed by atoms with van der Waals surface area (Å²) in [5, 5.41) is 9.84. The van der Waals surface area contributed by atoms with Gasteiger partial charge in [0.05, 0.1) is 16.8 Å². The van der Waals surface area contributed by atoms with E-state index in [1.165, 1.54) is 18.2 Å². The van der Waals surface area contributed by atoms with Crippen LogP contribution in [0.25, 0.3) is 0 Å². The number of Topliss-reactive ketones (excluding diaryl/α,β-unsaturated/α-hetero) is 1. The van der Waals surface area contributed by atoms with Crippen molar-refractivity contribution in [3.8, 4) is 0 Å². The minimum absolute atomic E-state index is 0.0946. The minimum atomic E-state index is -1.04. The van der Waals surface area contributed by atoms with E-state index in [0.717, 1.165) is 6.42 Å². The van der Waals surface area contributed by atoms with E-state index in [0.29, 0.717) is 29.0 Å². The van der Waals surface area contributed by atoms with Crippen LogP contribution in [0, 0.1) is 11.7 Å². The van der Waals surface area contributed by atoms with Crippen molar-refractivity contribution >= 4 is 33.4 Å². The first-order valence-corrected chi connectivity index (χ1v) is 8.82. The van der Waals surface area contributed by atoms with Crippen LogP contribution < -0.4 is 0 Å². The standard InChI is InChI=1S/C18H17BrFNO4/c1-2-3-12-17(18(23)24)15(9-4-5-11(20)10(19)6-9)16-13(21-12)7-25-8-14(16)22/h4-6,15,17H,2-3,7-8H2,1H3,(H,23,24). The predicted octanol–water partition coefficient (Wildman–Crippen LogP) is 3.48. The van der Waals surface area contributed by atoms with Crippen LogP contribution >= 0.6 is 15.9 Å². The molecule has 3 rings (SSSR count). The summed E-state index contributed by atoms with van der Waals surface area (Å²) in [4.78, 5) is 28.9. The Kier molecular flexibility index (Phi) is 5.15. The average Bonchev–Trinajstić information content (AvgIpc) is 2.56. The second-order valence-corrected chi connectivity index (χ2v) is 6.95. The Balaban J connectivity index is 2.20. The Morgan fingerprint density at radius 1 is 1.44 bits per heavy atom. The van der Waals surface area contributed by atoms with Crippen LogP contribution in [0.1, 0.15) is 31.2 Å². The highest BCUT2D eigenvalue weighted by Crippen LogP contribution is 2.42. The van der Waals surface area contributed by atoms with Crippen molar-refractivity contribution in [3.63, 3.8) is 0 Å². The summed E-state index contributed by atoms with van der Waals surface area (Å²) >= 11 is 3.14. The molecule has 0 aromatic heterocycles. The van der Waals surface area contributed by atoms with Crippen molar-refractivity contribution < 1.29 is 23.8 Å². The molecule has 1 aromatic rings. The lowest BCUT2D eigenvalue weighted by Crippen LogP contribution is -2.39. The van der Waals surface area contributed by atoms with Gasteiger partial charge in [0.25, 0.3) is 0 Å². The topological polar surface area (TPSA) is 76.0 Å². The predicted molar refractivity (Wildman–Crippen MR) is 93.2 cm³/mol. The summed E-state index contributed by atoms with van der Waals surface area (Å²) in [7, 11) is 0. The molecule has 0 radical (unpaired) electrons. The van der Waals surface area contributed by atoms with E-state index >= 15 is 0 Å². The van der Waals surface area contributed by atoms with Gasteiger partial charge < -0.3 is 9.84 Å². The summed E-state index contributed by atoms with van der Waals surface area (Å²) in [5.41, 5.74) is 1.96. The molecule has 2 heterocycles. The number of hydrogen-bond donors (Lipinski definition) is 1. The first kappa shape index (κ1) is 17.9. The van der Waals surface area contributed by atoms with E-state index in [1.54, 1.807) is 0 Å². The number of aliphatic carboxylic acids is 1. The normalized spacial score (nSPS) is 23.3. The summed E-state index contributed by atoms with van der Waals surface area (Å²) in [6.07, 6.45) is 1.25. The fourth-order valence-electron chi connectivity index (χ4n) is 3.42. The van der Waals surface area contributed by atoms with Crippen LogP contribution in [-0.4, -0.2) is 35.8 Å². The Hall–Kier alpha value is -1.86. The molecular weight excluding hydrogens is 393 g/mol. The number of ketones is 1. The average molecular weight is 410 g/mol.